The average Bonchev–Trinajstić information content (AvgIpc) is 2.74. The predicted molar refractivity (Wildman–Crippen MR) is 62.4 cm³/mol. The van der Waals surface area contributed by atoms with Crippen molar-refractivity contribution in [2.24, 2.45) is 0 Å². The van der Waals surface area contributed by atoms with E-state index in [1.54, 1.807) is 0 Å². The van der Waals surface area contributed by atoms with E-state index in [2.05, 4.69) is 47.4 Å². The van der Waals surface area contributed by atoms with E-state index in [1.165, 1.54) is 16.9 Å². The standard InChI is InChI=1S/C14H12N/c1-2-7-13(8-3-1)15-11-10-12-6-4-5-9-14(12)15/h1-7,9H,10-11H2. The fraction of sp³-hybridized carbons (Fsp3) is 0.143. The zero-order valence-electron chi connectivity index (χ0n) is 8.48. The van der Waals surface area contributed by atoms with Crippen molar-refractivity contribution in [1.29, 1.82) is 0 Å². The summed E-state index contributed by atoms with van der Waals surface area (Å²) in [4.78, 5) is 2.33. The van der Waals surface area contributed by atoms with E-state index in [-0.39, 0.29) is 0 Å². The van der Waals surface area contributed by atoms with Crippen LogP contribution in [0.5, 0.6) is 0 Å². The minimum absolute atomic E-state index is 1.07. The highest BCUT2D eigenvalue weighted by Crippen LogP contribution is 2.33. The molecule has 2 aromatic rings. The molecule has 2 aromatic carbocycles. The molecule has 0 aromatic heterocycles. The Balaban J connectivity index is 2.05. The molecule has 0 fully saturated rings. The maximum absolute atomic E-state index is 3.28. The smallest absolute Gasteiger partial charge is 0.0491 e. The maximum Gasteiger partial charge on any atom is 0.0491 e. The van der Waals surface area contributed by atoms with Crippen LogP contribution in [0.1, 0.15) is 5.56 Å². The van der Waals surface area contributed by atoms with E-state index < -0.39 is 0 Å². The second-order valence-electron chi connectivity index (χ2n) is 3.78. The Hall–Kier alpha value is -1.76. The van der Waals surface area contributed by atoms with Gasteiger partial charge in [-0.1, -0.05) is 36.4 Å². The third kappa shape index (κ3) is 1.40. The molecule has 0 saturated carbocycles. The molecular weight excluding hydrogens is 182 g/mol. The predicted octanol–water partition coefficient (Wildman–Crippen LogP) is 3.18. The molecule has 0 bridgehead atoms. The summed E-state index contributed by atoms with van der Waals surface area (Å²) >= 11 is 0. The van der Waals surface area contributed by atoms with Crippen LogP contribution in [0.4, 0.5) is 11.4 Å². The van der Waals surface area contributed by atoms with E-state index in [1.807, 2.05) is 12.1 Å². The number of anilines is 2. The van der Waals surface area contributed by atoms with Crippen LogP contribution in [-0.2, 0) is 6.42 Å². The van der Waals surface area contributed by atoms with Gasteiger partial charge in [0, 0.05) is 24.0 Å². The van der Waals surface area contributed by atoms with Crippen LogP contribution < -0.4 is 4.90 Å². The average molecular weight is 194 g/mol. The van der Waals surface area contributed by atoms with Crippen molar-refractivity contribution in [3.8, 4) is 0 Å². The van der Waals surface area contributed by atoms with E-state index in [0.717, 1.165) is 13.0 Å². The van der Waals surface area contributed by atoms with Gasteiger partial charge in [-0.2, -0.15) is 0 Å². The first-order chi connectivity index (χ1) is 7.45. The fourth-order valence-corrected chi connectivity index (χ4v) is 2.14. The molecule has 15 heavy (non-hydrogen) atoms. The first kappa shape index (κ1) is 8.54. The SMILES string of the molecule is [c]1ccccc1N1CCc2ccccc21. The largest absolute Gasteiger partial charge is 0.340 e. The molecule has 0 atom stereocenters. The summed E-state index contributed by atoms with van der Waals surface area (Å²) in [6, 6.07) is 20.0. The second kappa shape index (κ2) is 3.43. The molecule has 0 unspecified atom stereocenters. The Kier molecular flexibility index (Phi) is 1.95. The van der Waals surface area contributed by atoms with Crippen LogP contribution in [0, 0.1) is 6.07 Å². The van der Waals surface area contributed by atoms with Crippen LogP contribution >= 0.6 is 0 Å². The van der Waals surface area contributed by atoms with Gasteiger partial charge in [-0.05, 0) is 24.1 Å². The highest BCUT2D eigenvalue weighted by Gasteiger charge is 2.18. The molecule has 1 heteroatoms. The van der Waals surface area contributed by atoms with E-state index in [4.69, 9.17) is 0 Å². The Morgan fingerprint density at radius 2 is 1.87 bits per heavy atom. The first-order valence-electron chi connectivity index (χ1n) is 5.27. The van der Waals surface area contributed by atoms with Gasteiger partial charge in [0.25, 0.3) is 0 Å². The van der Waals surface area contributed by atoms with Crippen LogP contribution in [-0.4, -0.2) is 6.54 Å². The molecule has 1 nitrogen and oxygen atoms in total. The monoisotopic (exact) mass is 194 g/mol. The Morgan fingerprint density at radius 1 is 1.00 bits per heavy atom. The Bertz CT molecular complexity index is 462. The summed E-state index contributed by atoms with van der Waals surface area (Å²) in [5, 5.41) is 0. The van der Waals surface area contributed by atoms with Gasteiger partial charge in [0.15, 0.2) is 0 Å². The first-order valence-corrected chi connectivity index (χ1v) is 5.27. The van der Waals surface area contributed by atoms with E-state index in [9.17, 15) is 0 Å². The quantitative estimate of drug-likeness (QED) is 0.674. The molecular formula is C14H12N. The van der Waals surface area contributed by atoms with Gasteiger partial charge in [0.2, 0.25) is 0 Å². The van der Waals surface area contributed by atoms with Crippen LogP contribution in [0.15, 0.2) is 48.5 Å². The molecule has 0 saturated heterocycles. The minimum atomic E-state index is 1.07. The highest BCUT2D eigenvalue weighted by atomic mass is 15.2. The topological polar surface area (TPSA) is 3.24 Å². The number of hydrogen-bond acceptors (Lipinski definition) is 1. The Labute approximate surface area is 90.0 Å². The molecule has 1 aliphatic heterocycles. The molecule has 3 rings (SSSR count). The lowest BCUT2D eigenvalue weighted by molar-refractivity contribution is 0.997. The fourth-order valence-electron chi connectivity index (χ4n) is 2.14. The minimum Gasteiger partial charge on any atom is -0.340 e. The van der Waals surface area contributed by atoms with Gasteiger partial charge in [-0.25, -0.2) is 0 Å². The molecule has 1 heterocycles. The zero-order chi connectivity index (χ0) is 10.1. The third-order valence-electron chi connectivity index (χ3n) is 2.87. The summed E-state index contributed by atoms with van der Waals surface area (Å²) < 4.78 is 0. The van der Waals surface area contributed by atoms with Crippen molar-refractivity contribution in [3.05, 3.63) is 60.2 Å². The van der Waals surface area contributed by atoms with Crippen LogP contribution in [0.2, 0.25) is 0 Å². The molecule has 0 aliphatic carbocycles. The number of benzene rings is 2. The van der Waals surface area contributed by atoms with Crippen molar-refractivity contribution in [3.63, 3.8) is 0 Å². The van der Waals surface area contributed by atoms with Crippen LogP contribution in [0.3, 0.4) is 0 Å². The van der Waals surface area contributed by atoms with Gasteiger partial charge in [0.1, 0.15) is 0 Å². The zero-order valence-corrected chi connectivity index (χ0v) is 8.48. The van der Waals surface area contributed by atoms with Gasteiger partial charge < -0.3 is 4.90 Å². The highest BCUT2D eigenvalue weighted by molar-refractivity contribution is 5.69. The van der Waals surface area contributed by atoms with Crippen molar-refractivity contribution in [2.75, 3.05) is 11.4 Å². The van der Waals surface area contributed by atoms with Gasteiger partial charge >= 0.3 is 0 Å². The second-order valence-corrected chi connectivity index (χ2v) is 3.78. The lowest BCUT2D eigenvalue weighted by atomic mass is 10.2. The van der Waals surface area contributed by atoms with Crippen molar-refractivity contribution in [1.82, 2.24) is 0 Å². The lowest BCUT2D eigenvalue weighted by Gasteiger charge is -2.18. The number of hydrogen-bond donors (Lipinski definition) is 0. The molecule has 1 radical (unpaired) electrons. The summed E-state index contributed by atoms with van der Waals surface area (Å²) in [6.45, 7) is 1.07. The van der Waals surface area contributed by atoms with E-state index in [0.29, 0.717) is 0 Å². The molecule has 0 spiro atoms. The maximum atomic E-state index is 3.28. The number of fused-ring (bicyclic) bond motifs is 1. The normalized spacial score (nSPS) is 14.0. The van der Waals surface area contributed by atoms with Gasteiger partial charge in [0.05, 0.1) is 0 Å². The van der Waals surface area contributed by atoms with Gasteiger partial charge in [-0.3, -0.25) is 0 Å². The summed E-state index contributed by atoms with van der Waals surface area (Å²) in [7, 11) is 0. The summed E-state index contributed by atoms with van der Waals surface area (Å²) in [5.41, 5.74) is 3.94. The lowest BCUT2D eigenvalue weighted by Crippen LogP contribution is -2.12. The molecule has 1 aliphatic rings. The number of nitrogens with zero attached hydrogens (tertiary/aromatic N) is 1. The molecule has 0 N–H and O–H groups in total. The van der Waals surface area contributed by atoms with Gasteiger partial charge in [-0.15, -0.1) is 0 Å². The molecule has 73 valence electrons. The van der Waals surface area contributed by atoms with Crippen molar-refractivity contribution >= 4 is 11.4 Å². The Morgan fingerprint density at radius 3 is 2.73 bits per heavy atom. The number of para-hydroxylation sites is 2. The summed E-state index contributed by atoms with van der Waals surface area (Å²) in [5.74, 6) is 0. The van der Waals surface area contributed by atoms with E-state index >= 15 is 0 Å². The van der Waals surface area contributed by atoms with Crippen LogP contribution in [0.25, 0.3) is 0 Å². The molecule has 0 amide bonds. The van der Waals surface area contributed by atoms with Crippen molar-refractivity contribution < 1.29 is 0 Å². The number of rotatable bonds is 1. The van der Waals surface area contributed by atoms with Crippen molar-refractivity contribution in [2.45, 2.75) is 6.42 Å². The third-order valence-corrected chi connectivity index (χ3v) is 2.87. The summed E-state index contributed by atoms with van der Waals surface area (Å²) in [6.07, 6.45) is 1.14.